The van der Waals surface area contributed by atoms with Gasteiger partial charge in [0.15, 0.2) is 5.82 Å². The molecule has 180 valence electrons. The van der Waals surface area contributed by atoms with E-state index in [4.69, 9.17) is 14.0 Å². The molecule has 2 amide bonds. The molecule has 0 radical (unpaired) electrons. The molecule has 9 nitrogen and oxygen atoms in total. The summed E-state index contributed by atoms with van der Waals surface area (Å²) in [4.78, 5) is 29.0. The molecule has 3 rings (SSSR count). The Bertz CT molecular complexity index is 950. The maximum absolute atomic E-state index is 12.6. The van der Waals surface area contributed by atoms with Crippen molar-refractivity contribution in [3.05, 3.63) is 35.5 Å². The fourth-order valence-corrected chi connectivity index (χ4v) is 4.41. The first-order chi connectivity index (χ1) is 15.9. The highest BCUT2D eigenvalue weighted by Gasteiger charge is 2.38. The molecular formula is C24H34N4O5. The van der Waals surface area contributed by atoms with Crippen LogP contribution in [0.25, 0.3) is 0 Å². The Morgan fingerprint density at radius 3 is 2.52 bits per heavy atom. The van der Waals surface area contributed by atoms with Gasteiger partial charge in [-0.05, 0) is 31.9 Å². The Morgan fingerprint density at radius 1 is 1.15 bits per heavy atom. The van der Waals surface area contributed by atoms with Gasteiger partial charge < -0.3 is 24.6 Å². The number of aryl methyl sites for hydroxylation is 1. The second-order valence-corrected chi connectivity index (χ2v) is 8.59. The van der Waals surface area contributed by atoms with E-state index in [0.29, 0.717) is 29.6 Å². The number of nitrogens with one attached hydrogen (secondary N) is 2. The first-order valence-electron chi connectivity index (χ1n) is 11.5. The van der Waals surface area contributed by atoms with Crippen molar-refractivity contribution in [3.63, 3.8) is 0 Å². The highest BCUT2D eigenvalue weighted by atomic mass is 16.5. The standard InChI is InChI=1S/C24H34N4O5/c1-16(19-10-9-18(31-3)15-20(19)32-4)25-21(30)11-12-22-26-23(28-33-22)24(27-17(2)29)13-7-5-6-8-14-24/h9-10,15-16H,5-8,11-14H2,1-4H3,(H,25,30)(H,27,29). The molecule has 1 aliphatic carbocycles. The monoisotopic (exact) mass is 458 g/mol. The van der Waals surface area contributed by atoms with Gasteiger partial charge >= 0.3 is 0 Å². The van der Waals surface area contributed by atoms with Crippen LogP contribution in [0.2, 0.25) is 0 Å². The maximum Gasteiger partial charge on any atom is 0.227 e. The third-order valence-corrected chi connectivity index (χ3v) is 6.12. The van der Waals surface area contributed by atoms with Gasteiger partial charge in [-0.15, -0.1) is 0 Å². The van der Waals surface area contributed by atoms with Crippen LogP contribution in [0.3, 0.4) is 0 Å². The Kier molecular flexibility index (Phi) is 8.30. The number of methoxy groups -OCH3 is 2. The summed E-state index contributed by atoms with van der Waals surface area (Å²) < 4.78 is 16.1. The first-order valence-corrected chi connectivity index (χ1v) is 11.5. The molecule has 1 fully saturated rings. The second-order valence-electron chi connectivity index (χ2n) is 8.59. The Labute approximate surface area is 194 Å². The number of benzene rings is 1. The number of aromatic nitrogens is 2. The Balaban J connectivity index is 1.61. The van der Waals surface area contributed by atoms with Gasteiger partial charge in [0.05, 0.1) is 20.3 Å². The Hall–Kier alpha value is -3.10. The average molecular weight is 459 g/mol. The molecule has 33 heavy (non-hydrogen) atoms. The van der Waals surface area contributed by atoms with Gasteiger partial charge in [0.2, 0.25) is 17.7 Å². The van der Waals surface area contributed by atoms with E-state index in [-0.39, 0.29) is 24.3 Å². The summed E-state index contributed by atoms with van der Waals surface area (Å²) in [6.45, 7) is 3.41. The second kappa shape index (κ2) is 11.2. The molecule has 1 atom stereocenters. The smallest absolute Gasteiger partial charge is 0.227 e. The number of nitrogens with zero attached hydrogens (tertiary/aromatic N) is 2. The maximum atomic E-state index is 12.6. The zero-order chi connectivity index (χ0) is 23.8. The summed E-state index contributed by atoms with van der Waals surface area (Å²) in [5, 5.41) is 10.2. The number of hydrogen-bond acceptors (Lipinski definition) is 7. The minimum atomic E-state index is -0.591. The molecule has 1 heterocycles. The van der Waals surface area contributed by atoms with Crippen LogP contribution >= 0.6 is 0 Å². The Morgan fingerprint density at radius 2 is 1.88 bits per heavy atom. The van der Waals surface area contributed by atoms with Crippen molar-refractivity contribution >= 4 is 11.8 Å². The van der Waals surface area contributed by atoms with Crippen LogP contribution in [0.15, 0.2) is 22.7 Å². The topological polar surface area (TPSA) is 116 Å². The van der Waals surface area contributed by atoms with Crippen molar-refractivity contribution in [1.82, 2.24) is 20.8 Å². The summed E-state index contributed by atoms with van der Waals surface area (Å²) in [7, 11) is 3.18. The van der Waals surface area contributed by atoms with Crippen molar-refractivity contribution < 1.29 is 23.6 Å². The van der Waals surface area contributed by atoms with Crippen LogP contribution in [0.1, 0.15) is 82.1 Å². The number of amides is 2. The predicted octanol–water partition coefficient (Wildman–Crippen LogP) is 3.58. The molecule has 1 aliphatic rings. The van der Waals surface area contributed by atoms with E-state index in [0.717, 1.165) is 44.1 Å². The van der Waals surface area contributed by atoms with Gasteiger partial charge in [-0.2, -0.15) is 4.98 Å². The molecule has 2 aromatic rings. The molecule has 2 N–H and O–H groups in total. The van der Waals surface area contributed by atoms with Crippen LogP contribution in [0.5, 0.6) is 11.5 Å². The molecule has 0 spiro atoms. The number of carbonyl (C=O) groups is 2. The van der Waals surface area contributed by atoms with Gasteiger partial charge in [-0.25, -0.2) is 0 Å². The third-order valence-electron chi connectivity index (χ3n) is 6.12. The van der Waals surface area contributed by atoms with Crippen molar-refractivity contribution in [2.75, 3.05) is 14.2 Å². The van der Waals surface area contributed by atoms with Gasteiger partial charge in [0.1, 0.15) is 17.0 Å². The predicted molar refractivity (Wildman–Crippen MR) is 122 cm³/mol. The fourth-order valence-electron chi connectivity index (χ4n) is 4.41. The largest absolute Gasteiger partial charge is 0.497 e. The van der Waals surface area contributed by atoms with E-state index in [9.17, 15) is 9.59 Å². The van der Waals surface area contributed by atoms with Crippen molar-refractivity contribution in [2.24, 2.45) is 0 Å². The lowest BCUT2D eigenvalue weighted by atomic mass is 9.89. The zero-order valence-corrected chi connectivity index (χ0v) is 19.9. The van der Waals surface area contributed by atoms with Crippen molar-refractivity contribution in [1.29, 1.82) is 0 Å². The summed E-state index contributed by atoms with van der Waals surface area (Å²) >= 11 is 0. The summed E-state index contributed by atoms with van der Waals surface area (Å²) in [6.07, 6.45) is 6.35. The molecule has 0 saturated heterocycles. The number of carbonyl (C=O) groups excluding carboxylic acids is 2. The van der Waals surface area contributed by atoms with Crippen molar-refractivity contribution in [2.45, 2.75) is 76.8 Å². The summed E-state index contributed by atoms with van der Waals surface area (Å²) in [5.74, 6) is 1.99. The molecule has 1 unspecified atom stereocenters. The molecular weight excluding hydrogens is 424 g/mol. The molecule has 1 aromatic carbocycles. The van der Waals surface area contributed by atoms with Crippen LogP contribution in [-0.4, -0.2) is 36.2 Å². The lowest BCUT2D eigenvalue weighted by Gasteiger charge is -2.30. The molecule has 0 aliphatic heterocycles. The fraction of sp³-hybridized carbons (Fsp3) is 0.583. The highest BCUT2D eigenvalue weighted by Crippen LogP contribution is 2.35. The SMILES string of the molecule is COc1ccc(C(C)NC(=O)CCc2nc(C3(NC(C)=O)CCCCCC3)no2)c(OC)c1. The summed E-state index contributed by atoms with van der Waals surface area (Å²) in [5.41, 5.74) is 0.267. The van der Waals surface area contributed by atoms with Crippen LogP contribution < -0.4 is 20.1 Å². The minimum Gasteiger partial charge on any atom is -0.497 e. The van der Waals surface area contributed by atoms with Crippen LogP contribution in [-0.2, 0) is 21.5 Å². The third kappa shape index (κ3) is 6.24. The zero-order valence-electron chi connectivity index (χ0n) is 19.9. The molecule has 1 saturated carbocycles. The molecule has 0 bridgehead atoms. The van der Waals surface area contributed by atoms with Gasteiger partial charge in [-0.3, -0.25) is 9.59 Å². The first kappa shape index (κ1) is 24.5. The minimum absolute atomic E-state index is 0.106. The summed E-state index contributed by atoms with van der Waals surface area (Å²) in [6, 6.07) is 5.25. The van der Waals surface area contributed by atoms with E-state index in [1.807, 2.05) is 19.1 Å². The molecule has 9 heteroatoms. The quantitative estimate of drug-likeness (QED) is 0.552. The number of ether oxygens (including phenoxy) is 2. The van der Waals surface area contributed by atoms with E-state index in [1.54, 1.807) is 20.3 Å². The van der Waals surface area contributed by atoms with Gasteiger partial charge in [0, 0.05) is 31.4 Å². The normalized spacial score (nSPS) is 16.4. The van der Waals surface area contributed by atoms with E-state index < -0.39 is 5.54 Å². The lowest BCUT2D eigenvalue weighted by Crippen LogP contribution is -2.45. The highest BCUT2D eigenvalue weighted by molar-refractivity contribution is 5.76. The van der Waals surface area contributed by atoms with Crippen molar-refractivity contribution in [3.8, 4) is 11.5 Å². The molecule has 1 aromatic heterocycles. The average Bonchev–Trinajstić information content (AvgIpc) is 3.16. The van der Waals surface area contributed by atoms with E-state index in [1.165, 1.54) is 6.92 Å². The van der Waals surface area contributed by atoms with Crippen LogP contribution in [0, 0.1) is 0 Å². The van der Waals surface area contributed by atoms with Crippen LogP contribution in [0.4, 0.5) is 0 Å². The van der Waals surface area contributed by atoms with Gasteiger partial charge in [-0.1, -0.05) is 30.8 Å². The number of hydrogen-bond donors (Lipinski definition) is 2. The van der Waals surface area contributed by atoms with E-state index >= 15 is 0 Å². The van der Waals surface area contributed by atoms with E-state index in [2.05, 4.69) is 20.8 Å². The number of rotatable bonds is 9. The van der Waals surface area contributed by atoms with Gasteiger partial charge in [0.25, 0.3) is 0 Å². The lowest BCUT2D eigenvalue weighted by molar-refractivity contribution is -0.122.